The van der Waals surface area contributed by atoms with Gasteiger partial charge in [0.05, 0.1) is 6.04 Å². The number of nitrogens with one attached hydrogen (secondary N) is 1. The van der Waals surface area contributed by atoms with E-state index in [4.69, 9.17) is 16.6 Å². The molecule has 84 valence electrons. The minimum Gasteiger partial charge on any atom is -0.508 e. The summed E-state index contributed by atoms with van der Waals surface area (Å²) in [6.07, 6.45) is 0.606. The number of phenolic OH excluding ortho intramolecular Hbond substituents is 1. The van der Waals surface area contributed by atoms with Crippen LogP contribution in [-0.2, 0) is 6.42 Å². The molecule has 0 aliphatic carbocycles. The lowest BCUT2D eigenvalue weighted by molar-refractivity contribution is 0.475. The van der Waals surface area contributed by atoms with E-state index in [0.29, 0.717) is 12.2 Å². The zero-order valence-corrected chi connectivity index (χ0v) is 8.59. The van der Waals surface area contributed by atoms with Gasteiger partial charge in [0, 0.05) is 0 Å². The Morgan fingerprint density at radius 2 is 2.00 bits per heavy atom. The molecule has 6 nitrogen and oxygen atoms in total. The minimum atomic E-state index is -0.283. The van der Waals surface area contributed by atoms with Crippen LogP contribution in [0.15, 0.2) is 24.3 Å². The molecule has 0 aliphatic heterocycles. The standard InChI is InChI=1S/C10H13N5O/c11-8(9-13-10(12)15-14-9)5-6-1-3-7(16)4-2-6/h1-4,8,16H,5,11H2,(H3,12,13,14,15). The van der Waals surface area contributed by atoms with Crippen LogP contribution in [0.25, 0.3) is 0 Å². The number of H-pyrrole nitrogens is 1. The smallest absolute Gasteiger partial charge is 0.239 e. The van der Waals surface area contributed by atoms with Crippen molar-refractivity contribution in [3.05, 3.63) is 35.7 Å². The fraction of sp³-hybridized carbons (Fsp3) is 0.200. The maximum absolute atomic E-state index is 9.13. The van der Waals surface area contributed by atoms with Crippen molar-refractivity contribution in [2.45, 2.75) is 12.5 Å². The molecular formula is C10H13N5O. The molecule has 1 unspecified atom stereocenters. The van der Waals surface area contributed by atoms with Gasteiger partial charge in [0.15, 0.2) is 0 Å². The molecule has 0 radical (unpaired) electrons. The van der Waals surface area contributed by atoms with Gasteiger partial charge in [-0.3, -0.25) is 5.10 Å². The summed E-state index contributed by atoms with van der Waals surface area (Å²) in [6, 6.07) is 6.59. The SMILES string of the molecule is Nc1n[nH]c(C(N)Cc2ccc(O)cc2)n1. The Labute approximate surface area is 92.3 Å². The van der Waals surface area contributed by atoms with E-state index in [0.717, 1.165) is 5.56 Å². The molecule has 0 spiro atoms. The Balaban J connectivity index is 2.07. The Morgan fingerprint density at radius 1 is 1.31 bits per heavy atom. The quantitative estimate of drug-likeness (QED) is 0.594. The molecule has 1 heterocycles. The normalized spacial score (nSPS) is 12.6. The highest BCUT2D eigenvalue weighted by atomic mass is 16.3. The summed E-state index contributed by atoms with van der Waals surface area (Å²) in [4.78, 5) is 3.96. The molecular weight excluding hydrogens is 206 g/mol. The van der Waals surface area contributed by atoms with Gasteiger partial charge in [-0.2, -0.15) is 4.98 Å². The number of nitrogens with zero attached hydrogens (tertiary/aromatic N) is 2. The molecule has 6 N–H and O–H groups in total. The Kier molecular flexibility index (Phi) is 2.74. The van der Waals surface area contributed by atoms with Crippen LogP contribution in [0.4, 0.5) is 5.95 Å². The fourth-order valence-electron chi connectivity index (χ4n) is 1.44. The van der Waals surface area contributed by atoms with E-state index in [9.17, 15) is 0 Å². The topological polar surface area (TPSA) is 114 Å². The number of rotatable bonds is 3. The number of hydrogen-bond donors (Lipinski definition) is 4. The Hall–Kier alpha value is -2.08. The van der Waals surface area contributed by atoms with E-state index in [1.165, 1.54) is 0 Å². The van der Waals surface area contributed by atoms with Crippen LogP contribution in [0, 0.1) is 0 Å². The van der Waals surface area contributed by atoms with Crippen molar-refractivity contribution in [3.63, 3.8) is 0 Å². The van der Waals surface area contributed by atoms with Gasteiger partial charge in [-0.05, 0) is 24.1 Å². The molecule has 0 saturated carbocycles. The van der Waals surface area contributed by atoms with Gasteiger partial charge in [-0.25, -0.2) is 0 Å². The monoisotopic (exact) mass is 219 g/mol. The second-order valence-electron chi connectivity index (χ2n) is 3.56. The summed E-state index contributed by atoms with van der Waals surface area (Å²) in [7, 11) is 0. The number of nitrogens with two attached hydrogens (primary N) is 2. The molecule has 0 bridgehead atoms. The molecule has 2 aromatic rings. The predicted octanol–water partition coefficient (Wildman–Crippen LogP) is 0.335. The first-order valence-corrected chi connectivity index (χ1v) is 4.86. The number of anilines is 1. The van der Waals surface area contributed by atoms with Crippen molar-refractivity contribution in [3.8, 4) is 5.75 Å². The zero-order chi connectivity index (χ0) is 11.5. The summed E-state index contributed by atoms with van der Waals surface area (Å²) in [6.45, 7) is 0. The average molecular weight is 219 g/mol. The molecule has 1 atom stereocenters. The molecule has 2 rings (SSSR count). The van der Waals surface area contributed by atoms with E-state index in [1.54, 1.807) is 12.1 Å². The average Bonchev–Trinajstić information content (AvgIpc) is 2.68. The third-order valence-corrected chi connectivity index (χ3v) is 2.26. The van der Waals surface area contributed by atoms with E-state index in [2.05, 4.69) is 15.2 Å². The van der Waals surface area contributed by atoms with E-state index in [1.807, 2.05) is 12.1 Å². The molecule has 6 heteroatoms. The van der Waals surface area contributed by atoms with Crippen LogP contribution >= 0.6 is 0 Å². The van der Waals surface area contributed by atoms with Gasteiger partial charge in [0.2, 0.25) is 5.95 Å². The lowest BCUT2D eigenvalue weighted by Crippen LogP contribution is -2.15. The fourth-order valence-corrected chi connectivity index (χ4v) is 1.44. The van der Waals surface area contributed by atoms with E-state index < -0.39 is 0 Å². The van der Waals surface area contributed by atoms with Crippen molar-refractivity contribution in [2.75, 3.05) is 5.73 Å². The van der Waals surface area contributed by atoms with Crippen LogP contribution in [-0.4, -0.2) is 20.3 Å². The number of benzene rings is 1. The molecule has 0 amide bonds. The number of nitrogen functional groups attached to an aromatic ring is 1. The van der Waals surface area contributed by atoms with Gasteiger partial charge in [0.1, 0.15) is 11.6 Å². The summed E-state index contributed by atoms with van der Waals surface area (Å²) in [5, 5.41) is 15.5. The van der Waals surface area contributed by atoms with Crippen molar-refractivity contribution in [1.82, 2.24) is 15.2 Å². The number of aromatic hydroxyl groups is 1. The Morgan fingerprint density at radius 3 is 2.56 bits per heavy atom. The van der Waals surface area contributed by atoms with E-state index in [-0.39, 0.29) is 17.7 Å². The van der Waals surface area contributed by atoms with E-state index >= 15 is 0 Å². The van der Waals surface area contributed by atoms with Crippen LogP contribution in [0.5, 0.6) is 5.75 Å². The molecule has 0 fully saturated rings. The van der Waals surface area contributed by atoms with Crippen molar-refractivity contribution >= 4 is 5.95 Å². The molecule has 0 aliphatic rings. The first-order valence-electron chi connectivity index (χ1n) is 4.86. The third kappa shape index (κ3) is 2.29. The van der Waals surface area contributed by atoms with Gasteiger partial charge < -0.3 is 16.6 Å². The second kappa shape index (κ2) is 4.19. The lowest BCUT2D eigenvalue weighted by atomic mass is 10.1. The molecule has 0 saturated heterocycles. The maximum Gasteiger partial charge on any atom is 0.239 e. The number of phenols is 1. The minimum absolute atomic E-state index is 0.191. The van der Waals surface area contributed by atoms with Gasteiger partial charge >= 0.3 is 0 Å². The number of aromatic amines is 1. The van der Waals surface area contributed by atoms with Gasteiger partial charge in [0.25, 0.3) is 0 Å². The summed E-state index contributed by atoms with van der Waals surface area (Å²) >= 11 is 0. The lowest BCUT2D eigenvalue weighted by Gasteiger charge is -2.07. The first kappa shape index (κ1) is 10.4. The Bertz CT molecular complexity index is 464. The van der Waals surface area contributed by atoms with Crippen molar-refractivity contribution in [2.24, 2.45) is 5.73 Å². The maximum atomic E-state index is 9.13. The van der Waals surface area contributed by atoms with Crippen LogP contribution in [0.3, 0.4) is 0 Å². The summed E-state index contributed by atoms with van der Waals surface area (Å²) in [5.74, 6) is 0.989. The van der Waals surface area contributed by atoms with Crippen molar-refractivity contribution in [1.29, 1.82) is 0 Å². The molecule has 16 heavy (non-hydrogen) atoms. The number of aromatic nitrogens is 3. The molecule has 1 aromatic carbocycles. The van der Waals surface area contributed by atoms with Crippen molar-refractivity contribution < 1.29 is 5.11 Å². The largest absolute Gasteiger partial charge is 0.508 e. The zero-order valence-electron chi connectivity index (χ0n) is 8.59. The highest BCUT2D eigenvalue weighted by Crippen LogP contribution is 2.15. The summed E-state index contributed by atoms with van der Waals surface area (Å²) < 4.78 is 0. The van der Waals surface area contributed by atoms with Crippen LogP contribution in [0.2, 0.25) is 0 Å². The second-order valence-corrected chi connectivity index (χ2v) is 3.56. The van der Waals surface area contributed by atoms with Gasteiger partial charge in [-0.15, -0.1) is 5.10 Å². The van der Waals surface area contributed by atoms with Gasteiger partial charge in [-0.1, -0.05) is 12.1 Å². The van der Waals surface area contributed by atoms with Crippen LogP contribution in [0.1, 0.15) is 17.4 Å². The molecule has 1 aromatic heterocycles. The first-order chi connectivity index (χ1) is 7.65. The predicted molar refractivity (Wildman–Crippen MR) is 59.5 cm³/mol. The van der Waals surface area contributed by atoms with Crippen LogP contribution < -0.4 is 11.5 Å². The highest BCUT2D eigenvalue weighted by Gasteiger charge is 2.11. The number of hydrogen-bond acceptors (Lipinski definition) is 5. The third-order valence-electron chi connectivity index (χ3n) is 2.26. The highest BCUT2D eigenvalue weighted by molar-refractivity contribution is 5.27. The summed E-state index contributed by atoms with van der Waals surface area (Å²) in [5.41, 5.74) is 12.3.